The Morgan fingerprint density at radius 3 is 2.76 bits per heavy atom. The van der Waals surface area contributed by atoms with Crippen LogP contribution >= 0.6 is 0 Å². The molecule has 2 heterocycles. The first-order valence-corrected chi connectivity index (χ1v) is 9.72. The molecule has 29 heavy (non-hydrogen) atoms. The second kappa shape index (κ2) is 7.36. The molecule has 2 atom stereocenters. The van der Waals surface area contributed by atoms with E-state index in [-0.39, 0.29) is 0 Å². The molecular weight excluding hydrogens is 358 g/mol. The topological polar surface area (TPSA) is 62.2 Å². The minimum absolute atomic E-state index is 0.311. The quantitative estimate of drug-likeness (QED) is 0.514. The highest BCUT2D eigenvalue weighted by Gasteiger charge is 2.22. The van der Waals surface area contributed by atoms with Gasteiger partial charge in [0.2, 0.25) is 5.95 Å². The largest absolute Gasteiger partial charge is 0.377 e. The molecule has 2 aromatic carbocycles. The van der Waals surface area contributed by atoms with Crippen molar-refractivity contribution in [2.75, 3.05) is 5.43 Å². The molecule has 5 rings (SSSR count). The van der Waals surface area contributed by atoms with Crippen LogP contribution in [0.5, 0.6) is 0 Å². The first-order chi connectivity index (χ1) is 14.3. The van der Waals surface area contributed by atoms with Crippen molar-refractivity contribution in [1.29, 1.82) is 0 Å². The number of fused-ring (bicyclic) bond motifs is 2. The lowest BCUT2D eigenvalue weighted by atomic mass is 9.98. The fourth-order valence-electron chi connectivity index (χ4n) is 3.72. The smallest absolute Gasteiger partial charge is 0.244 e. The molecule has 1 aliphatic heterocycles. The third-order valence-electron chi connectivity index (χ3n) is 5.15. The molecule has 1 aliphatic carbocycles. The molecule has 2 N–H and O–H groups in total. The van der Waals surface area contributed by atoms with Crippen LogP contribution in [0, 0.1) is 12.8 Å². The fourth-order valence-corrected chi connectivity index (χ4v) is 3.72. The summed E-state index contributed by atoms with van der Waals surface area (Å²) < 4.78 is 0. The molecule has 0 saturated carbocycles. The highest BCUT2D eigenvalue weighted by Crippen LogP contribution is 2.28. The summed E-state index contributed by atoms with van der Waals surface area (Å²) in [6.07, 6.45) is 12.5. The summed E-state index contributed by atoms with van der Waals surface area (Å²) >= 11 is 0. The van der Waals surface area contributed by atoms with Gasteiger partial charge in [0.1, 0.15) is 0 Å². The van der Waals surface area contributed by atoms with Crippen molar-refractivity contribution in [3.8, 4) is 11.3 Å². The molecular formula is C24H21N5. The Balaban J connectivity index is 1.44. The number of nitrogens with one attached hydrogen (secondary N) is 2. The molecule has 0 radical (unpaired) electrons. The number of rotatable bonds is 4. The predicted octanol–water partition coefficient (Wildman–Crippen LogP) is 4.60. The monoisotopic (exact) mass is 379 g/mol. The van der Waals surface area contributed by atoms with Gasteiger partial charge in [-0.25, -0.2) is 15.4 Å². The van der Waals surface area contributed by atoms with Crippen LogP contribution in [0.3, 0.4) is 0 Å². The molecule has 0 saturated heterocycles. The first kappa shape index (κ1) is 17.4. The van der Waals surface area contributed by atoms with E-state index >= 15 is 0 Å². The number of anilines is 1. The highest BCUT2D eigenvalue weighted by atomic mass is 15.3. The van der Waals surface area contributed by atoms with Gasteiger partial charge in [0, 0.05) is 16.9 Å². The van der Waals surface area contributed by atoms with Crippen LogP contribution < -0.4 is 10.7 Å². The SMILES string of the molecule is Cc1ccc2nc(N/N=C\C3=C[C@H]4C=CC=C[C@@H]4N3)nc(-c3ccccc3)c2c1. The van der Waals surface area contributed by atoms with Gasteiger partial charge in [-0.2, -0.15) is 5.10 Å². The summed E-state index contributed by atoms with van der Waals surface area (Å²) in [5.41, 5.74) is 8.02. The van der Waals surface area contributed by atoms with E-state index in [2.05, 4.69) is 82.4 Å². The van der Waals surface area contributed by atoms with Gasteiger partial charge in [-0.3, -0.25) is 0 Å². The average Bonchev–Trinajstić information content (AvgIpc) is 3.17. The van der Waals surface area contributed by atoms with E-state index in [1.807, 2.05) is 24.3 Å². The molecule has 5 nitrogen and oxygen atoms in total. The van der Waals surface area contributed by atoms with Crippen molar-refractivity contribution in [3.05, 3.63) is 90.2 Å². The lowest BCUT2D eigenvalue weighted by molar-refractivity contribution is 0.645. The van der Waals surface area contributed by atoms with E-state index in [1.165, 1.54) is 5.56 Å². The maximum atomic E-state index is 4.75. The van der Waals surface area contributed by atoms with Crippen molar-refractivity contribution < 1.29 is 0 Å². The molecule has 5 heteroatoms. The predicted molar refractivity (Wildman–Crippen MR) is 119 cm³/mol. The zero-order chi connectivity index (χ0) is 19.6. The van der Waals surface area contributed by atoms with Gasteiger partial charge in [-0.15, -0.1) is 0 Å². The lowest BCUT2D eigenvalue weighted by Gasteiger charge is -2.15. The average molecular weight is 379 g/mol. The summed E-state index contributed by atoms with van der Waals surface area (Å²) in [5, 5.41) is 8.84. The van der Waals surface area contributed by atoms with E-state index in [4.69, 9.17) is 4.98 Å². The van der Waals surface area contributed by atoms with Crippen LogP contribution in [-0.2, 0) is 0 Å². The van der Waals surface area contributed by atoms with E-state index in [0.717, 1.165) is 27.9 Å². The normalized spacial score (nSPS) is 20.0. The number of hydrazone groups is 1. The van der Waals surface area contributed by atoms with Gasteiger partial charge in [0.25, 0.3) is 0 Å². The van der Waals surface area contributed by atoms with Crippen LogP contribution in [0.1, 0.15) is 5.56 Å². The van der Waals surface area contributed by atoms with Crippen molar-refractivity contribution in [2.45, 2.75) is 13.0 Å². The molecule has 142 valence electrons. The van der Waals surface area contributed by atoms with E-state index in [1.54, 1.807) is 6.21 Å². The number of allylic oxidation sites excluding steroid dienone is 3. The molecule has 2 aliphatic rings. The number of hydrogen-bond donors (Lipinski definition) is 2. The van der Waals surface area contributed by atoms with Crippen LogP contribution in [0.25, 0.3) is 22.2 Å². The zero-order valence-electron chi connectivity index (χ0n) is 16.1. The summed E-state index contributed by atoms with van der Waals surface area (Å²) in [4.78, 5) is 9.39. The molecule has 0 fully saturated rings. The van der Waals surface area contributed by atoms with Crippen molar-refractivity contribution >= 4 is 23.1 Å². The van der Waals surface area contributed by atoms with E-state index in [0.29, 0.717) is 17.9 Å². The maximum Gasteiger partial charge on any atom is 0.244 e. The number of nitrogens with zero attached hydrogens (tertiary/aromatic N) is 3. The molecule has 0 unspecified atom stereocenters. The number of aryl methyl sites for hydroxylation is 1. The Morgan fingerprint density at radius 2 is 1.90 bits per heavy atom. The van der Waals surface area contributed by atoms with Gasteiger partial charge in [0.05, 0.1) is 29.2 Å². The lowest BCUT2D eigenvalue weighted by Crippen LogP contribution is -2.26. The second-order valence-electron chi connectivity index (χ2n) is 7.29. The van der Waals surface area contributed by atoms with Crippen LogP contribution in [0.2, 0.25) is 0 Å². The number of hydrogen-bond acceptors (Lipinski definition) is 5. The summed E-state index contributed by atoms with van der Waals surface area (Å²) in [6, 6.07) is 16.7. The van der Waals surface area contributed by atoms with Gasteiger partial charge < -0.3 is 5.32 Å². The molecule has 0 spiro atoms. The Hall–Kier alpha value is -3.73. The third kappa shape index (κ3) is 3.55. The summed E-state index contributed by atoms with van der Waals surface area (Å²) in [5.74, 6) is 0.860. The van der Waals surface area contributed by atoms with E-state index in [9.17, 15) is 0 Å². The van der Waals surface area contributed by atoms with Crippen LogP contribution in [0.4, 0.5) is 5.95 Å². The molecule has 3 aromatic rings. The van der Waals surface area contributed by atoms with Crippen LogP contribution in [0.15, 0.2) is 89.7 Å². The van der Waals surface area contributed by atoms with E-state index < -0.39 is 0 Å². The van der Waals surface area contributed by atoms with Crippen molar-refractivity contribution in [2.24, 2.45) is 11.0 Å². The summed E-state index contributed by atoms with van der Waals surface area (Å²) in [6.45, 7) is 2.08. The van der Waals surface area contributed by atoms with Crippen molar-refractivity contribution in [1.82, 2.24) is 15.3 Å². The van der Waals surface area contributed by atoms with Crippen LogP contribution in [-0.4, -0.2) is 22.2 Å². The van der Waals surface area contributed by atoms with Gasteiger partial charge in [0.15, 0.2) is 0 Å². The van der Waals surface area contributed by atoms with Crippen molar-refractivity contribution in [3.63, 3.8) is 0 Å². The standard InChI is InChI=1S/C24H21N5/c1-16-11-12-22-20(13-16)23(17-7-3-2-4-8-17)28-24(27-22)29-25-15-19-14-18-9-5-6-10-21(18)26-19/h2-15,18,21,26H,1H3,(H,27,28,29)/b25-15-/t18-,21+/m1/s1. The Bertz CT molecular complexity index is 1170. The zero-order valence-corrected chi connectivity index (χ0v) is 16.1. The second-order valence-corrected chi connectivity index (χ2v) is 7.29. The van der Waals surface area contributed by atoms with Gasteiger partial charge >= 0.3 is 0 Å². The molecule has 0 bridgehead atoms. The third-order valence-corrected chi connectivity index (χ3v) is 5.15. The number of aromatic nitrogens is 2. The minimum atomic E-state index is 0.311. The number of benzene rings is 2. The molecule has 0 amide bonds. The molecule has 1 aromatic heterocycles. The Morgan fingerprint density at radius 1 is 1.03 bits per heavy atom. The maximum absolute atomic E-state index is 4.75. The minimum Gasteiger partial charge on any atom is -0.377 e. The van der Waals surface area contributed by atoms with Gasteiger partial charge in [-0.05, 0) is 19.1 Å². The fraction of sp³-hybridized carbons (Fsp3) is 0.125. The summed E-state index contributed by atoms with van der Waals surface area (Å²) in [7, 11) is 0. The Labute approximate surface area is 169 Å². The highest BCUT2D eigenvalue weighted by molar-refractivity contribution is 5.93. The first-order valence-electron chi connectivity index (χ1n) is 9.72. The Kier molecular flexibility index (Phi) is 4.41. The van der Waals surface area contributed by atoms with Gasteiger partial charge in [-0.1, -0.05) is 72.3 Å².